The number of nitrogens with two attached hydrogens (primary N) is 1. The van der Waals surface area contributed by atoms with Crippen molar-refractivity contribution in [1.82, 2.24) is 15.3 Å². The third-order valence-corrected chi connectivity index (χ3v) is 4.47. The number of benzene rings is 1. The van der Waals surface area contributed by atoms with Gasteiger partial charge in [-0.05, 0) is 38.3 Å². The van der Waals surface area contributed by atoms with Gasteiger partial charge in [0, 0.05) is 43.0 Å². The Hall–Kier alpha value is -2.21. The molecule has 1 aliphatic heterocycles. The Labute approximate surface area is 142 Å². The van der Waals surface area contributed by atoms with E-state index in [9.17, 15) is 4.39 Å². The van der Waals surface area contributed by atoms with Crippen molar-refractivity contribution >= 4 is 11.8 Å². The summed E-state index contributed by atoms with van der Waals surface area (Å²) >= 11 is 0. The minimum absolute atomic E-state index is 0.133. The molecule has 6 heteroatoms. The van der Waals surface area contributed by atoms with Crippen molar-refractivity contribution in [2.24, 2.45) is 0 Å². The Kier molecular flexibility index (Phi) is 4.94. The van der Waals surface area contributed by atoms with E-state index in [1.165, 1.54) is 0 Å². The highest BCUT2D eigenvalue weighted by Gasteiger charge is 2.20. The number of aryl methyl sites for hydroxylation is 2. The van der Waals surface area contributed by atoms with E-state index in [4.69, 9.17) is 5.73 Å². The predicted molar refractivity (Wildman–Crippen MR) is 94.4 cm³/mol. The molecule has 1 aromatic carbocycles. The molecule has 0 saturated carbocycles. The van der Waals surface area contributed by atoms with Crippen LogP contribution >= 0.6 is 0 Å². The second-order valence-electron chi connectivity index (χ2n) is 6.46. The average Bonchev–Trinajstić information content (AvgIpc) is 2.53. The first-order chi connectivity index (χ1) is 11.5. The van der Waals surface area contributed by atoms with Crippen molar-refractivity contribution in [2.45, 2.75) is 39.3 Å². The summed E-state index contributed by atoms with van der Waals surface area (Å²) in [5.74, 6) is 1.08. The van der Waals surface area contributed by atoms with E-state index in [1.807, 2.05) is 32.0 Å². The van der Waals surface area contributed by atoms with E-state index in [0.717, 1.165) is 48.6 Å². The Morgan fingerprint density at radius 3 is 2.62 bits per heavy atom. The second-order valence-corrected chi connectivity index (χ2v) is 6.46. The fourth-order valence-corrected chi connectivity index (χ4v) is 3.10. The minimum atomic E-state index is -0.133. The number of halogens is 1. The van der Waals surface area contributed by atoms with Crippen LogP contribution in [0.25, 0.3) is 0 Å². The third kappa shape index (κ3) is 4.00. The van der Waals surface area contributed by atoms with Crippen molar-refractivity contribution in [3.63, 3.8) is 0 Å². The van der Waals surface area contributed by atoms with E-state index >= 15 is 0 Å². The Morgan fingerprint density at radius 1 is 1.21 bits per heavy atom. The molecule has 2 aromatic rings. The van der Waals surface area contributed by atoms with Crippen LogP contribution in [0.2, 0.25) is 0 Å². The maximum absolute atomic E-state index is 13.9. The molecule has 0 radical (unpaired) electrons. The summed E-state index contributed by atoms with van der Waals surface area (Å²) in [6.07, 6.45) is 1.99. The van der Waals surface area contributed by atoms with Crippen molar-refractivity contribution in [3.8, 4) is 0 Å². The number of nitrogens with zero attached hydrogens (tertiary/aromatic N) is 3. The van der Waals surface area contributed by atoms with Gasteiger partial charge in [-0.1, -0.05) is 12.1 Å². The monoisotopic (exact) mass is 329 g/mol. The maximum atomic E-state index is 13.9. The van der Waals surface area contributed by atoms with E-state index in [0.29, 0.717) is 18.5 Å². The van der Waals surface area contributed by atoms with Gasteiger partial charge in [-0.25, -0.2) is 9.37 Å². The zero-order valence-corrected chi connectivity index (χ0v) is 14.2. The first-order valence-corrected chi connectivity index (χ1v) is 8.36. The number of piperidine rings is 1. The maximum Gasteiger partial charge on any atom is 0.222 e. The predicted octanol–water partition coefficient (Wildman–Crippen LogP) is 2.57. The molecule has 0 amide bonds. The molecule has 128 valence electrons. The average molecular weight is 329 g/mol. The van der Waals surface area contributed by atoms with Crippen LogP contribution in [0, 0.1) is 19.7 Å². The smallest absolute Gasteiger partial charge is 0.222 e. The SMILES string of the molecule is Cc1ccc(CNC2CCN(c3cc(C)nc(N)n3)CC2)c(F)c1. The summed E-state index contributed by atoms with van der Waals surface area (Å²) in [5.41, 5.74) is 8.29. The van der Waals surface area contributed by atoms with Gasteiger partial charge in [-0.2, -0.15) is 4.98 Å². The Morgan fingerprint density at radius 2 is 1.96 bits per heavy atom. The highest BCUT2D eigenvalue weighted by Crippen LogP contribution is 2.20. The van der Waals surface area contributed by atoms with Crippen molar-refractivity contribution in [2.75, 3.05) is 23.7 Å². The summed E-state index contributed by atoms with van der Waals surface area (Å²) in [6.45, 7) is 6.20. The summed E-state index contributed by atoms with van der Waals surface area (Å²) < 4.78 is 13.9. The van der Waals surface area contributed by atoms with Crippen molar-refractivity contribution in [3.05, 3.63) is 46.9 Å². The molecule has 0 spiro atoms. The zero-order chi connectivity index (χ0) is 17.1. The van der Waals surface area contributed by atoms with Crippen LogP contribution < -0.4 is 16.0 Å². The normalized spacial score (nSPS) is 15.7. The fraction of sp³-hybridized carbons (Fsp3) is 0.444. The van der Waals surface area contributed by atoms with E-state index in [-0.39, 0.29) is 5.82 Å². The number of nitrogen functional groups attached to an aromatic ring is 1. The number of anilines is 2. The number of aromatic nitrogens is 2. The molecule has 2 heterocycles. The van der Waals surface area contributed by atoms with Crippen LogP contribution in [0.4, 0.5) is 16.2 Å². The van der Waals surface area contributed by atoms with E-state index < -0.39 is 0 Å². The molecular formula is C18H24FN5. The van der Waals surface area contributed by atoms with Crippen molar-refractivity contribution < 1.29 is 4.39 Å². The van der Waals surface area contributed by atoms with Crippen LogP contribution in [0.3, 0.4) is 0 Å². The van der Waals surface area contributed by atoms with Crippen molar-refractivity contribution in [1.29, 1.82) is 0 Å². The van der Waals surface area contributed by atoms with Gasteiger partial charge in [0.25, 0.3) is 0 Å². The molecule has 0 unspecified atom stereocenters. The molecule has 1 aliphatic rings. The van der Waals surface area contributed by atoms with Gasteiger partial charge in [-0.15, -0.1) is 0 Å². The fourth-order valence-electron chi connectivity index (χ4n) is 3.10. The quantitative estimate of drug-likeness (QED) is 0.902. The molecule has 1 aromatic heterocycles. The first-order valence-electron chi connectivity index (χ1n) is 8.36. The van der Waals surface area contributed by atoms with Gasteiger partial charge in [0.05, 0.1) is 0 Å². The lowest BCUT2D eigenvalue weighted by Crippen LogP contribution is -2.42. The van der Waals surface area contributed by atoms with E-state index in [2.05, 4.69) is 20.2 Å². The molecule has 3 N–H and O–H groups in total. The third-order valence-electron chi connectivity index (χ3n) is 4.47. The standard InChI is InChI=1S/C18H24FN5/c1-12-3-4-14(16(19)9-12)11-21-15-5-7-24(8-6-15)17-10-13(2)22-18(20)23-17/h3-4,9-10,15,21H,5-8,11H2,1-2H3,(H2,20,22,23). The van der Waals surface area contributed by atoms with Gasteiger partial charge in [0.1, 0.15) is 11.6 Å². The topological polar surface area (TPSA) is 67.1 Å². The van der Waals surface area contributed by atoms with Crippen LogP contribution in [-0.2, 0) is 6.54 Å². The Balaban J connectivity index is 1.53. The second kappa shape index (κ2) is 7.13. The molecule has 3 rings (SSSR count). The van der Waals surface area contributed by atoms with Crippen LogP contribution in [-0.4, -0.2) is 29.1 Å². The van der Waals surface area contributed by atoms with E-state index in [1.54, 1.807) is 6.07 Å². The van der Waals surface area contributed by atoms with Gasteiger partial charge in [0.15, 0.2) is 0 Å². The number of hydrogen-bond acceptors (Lipinski definition) is 5. The lowest BCUT2D eigenvalue weighted by molar-refractivity contribution is 0.409. The molecule has 0 atom stereocenters. The van der Waals surface area contributed by atoms with Crippen LogP contribution in [0.1, 0.15) is 29.7 Å². The van der Waals surface area contributed by atoms with Gasteiger partial charge >= 0.3 is 0 Å². The van der Waals surface area contributed by atoms with Gasteiger partial charge < -0.3 is 16.0 Å². The number of rotatable bonds is 4. The molecule has 0 bridgehead atoms. The lowest BCUT2D eigenvalue weighted by Gasteiger charge is -2.33. The first kappa shape index (κ1) is 16.6. The summed E-state index contributed by atoms with van der Waals surface area (Å²) in [4.78, 5) is 10.7. The lowest BCUT2D eigenvalue weighted by atomic mass is 10.0. The highest BCUT2D eigenvalue weighted by molar-refractivity contribution is 5.43. The zero-order valence-electron chi connectivity index (χ0n) is 14.2. The van der Waals surface area contributed by atoms with Gasteiger partial charge in [0.2, 0.25) is 5.95 Å². The van der Waals surface area contributed by atoms with Crippen LogP contribution in [0.5, 0.6) is 0 Å². The summed E-state index contributed by atoms with van der Waals surface area (Å²) in [5, 5.41) is 3.47. The minimum Gasteiger partial charge on any atom is -0.368 e. The molecule has 1 fully saturated rings. The summed E-state index contributed by atoms with van der Waals surface area (Å²) in [7, 11) is 0. The molecule has 0 aliphatic carbocycles. The highest BCUT2D eigenvalue weighted by atomic mass is 19.1. The molecular weight excluding hydrogens is 305 g/mol. The summed E-state index contributed by atoms with van der Waals surface area (Å²) in [6, 6.07) is 7.75. The van der Waals surface area contributed by atoms with Gasteiger partial charge in [-0.3, -0.25) is 0 Å². The Bertz CT molecular complexity index is 690. The number of nitrogens with one attached hydrogen (secondary N) is 1. The molecule has 5 nitrogen and oxygen atoms in total. The number of hydrogen-bond donors (Lipinski definition) is 2. The largest absolute Gasteiger partial charge is 0.368 e. The van der Waals surface area contributed by atoms with Crippen LogP contribution in [0.15, 0.2) is 24.3 Å². The molecule has 24 heavy (non-hydrogen) atoms. The molecule has 1 saturated heterocycles.